The third kappa shape index (κ3) is 2.08. The fraction of sp³-hybridized carbons (Fsp3) is 0.923. The molecule has 0 spiro atoms. The van der Waals surface area contributed by atoms with Crippen LogP contribution in [0.15, 0.2) is 0 Å². The normalized spacial score (nSPS) is 35.8. The van der Waals surface area contributed by atoms with Crippen LogP contribution in [0.1, 0.15) is 46.0 Å². The molecule has 1 aliphatic heterocycles. The second-order valence-corrected chi connectivity index (χ2v) is 6.05. The van der Waals surface area contributed by atoms with E-state index in [0.29, 0.717) is 13.1 Å². The van der Waals surface area contributed by atoms with Crippen molar-refractivity contribution in [3.63, 3.8) is 0 Å². The Balaban J connectivity index is 1.95. The molecule has 2 aliphatic rings. The topological polar surface area (TPSA) is 66.6 Å². The van der Waals surface area contributed by atoms with Crippen LogP contribution in [0.3, 0.4) is 0 Å². The van der Waals surface area contributed by atoms with E-state index in [4.69, 9.17) is 5.73 Å². The second-order valence-electron chi connectivity index (χ2n) is 6.05. The molecule has 1 saturated heterocycles. The fourth-order valence-corrected chi connectivity index (χ4v) is 3.25. The molecule has 2 fully saturated rings. The molecule has 4 nitrogen and oxygen atoms in total. The molecule has 2 rings (SSSR count). The Bertz CT molecular complexity index is 313. The van der Waals surface area contributed by atoms with Crippen LogP contribution in [-0.4, -0.2) is 40.6 Å². The Morgan fingerprint density at radius 3 is 2.65 bits per heavy atom. The number of aliphatic hydroxyl groups is 1. The summed E-state index contributed by atoms with van der Waals surface area (Å²) in [4.78, 5) is 14.2. The number of carbonyl (C=O) groups excluding carboxylic acids is 1. The van der Waals surface area contributed by atoms with Crippen molar-refractivity contribution in [3.8, 4) is 0 Å². The number of nitrogens with two attached hydrogens (primary N) is 1. The van der Waals surface area contributed by atoms with Crippen LogP contribution in [0, 0.1) is 5.41 Å². The van der Waals surface area contributed by atoms with Crippen molar-refractivity contribution in [1.29, 1.82) is 0 Å². The van der Waals surface area contributed by atoms with Gasteiger partial charge < -0.3 is 15.7 Å². The molecule has 1 heterocycles. The Kier molecular flexibility index (Phi) is 3.21. The van der Waals surface area contributed by atoms with E-state index in [9.17, 15) is 9.90 Å². The molecule has 1 saturated carbocycles. The number of β-amino-alcohol motifs (C(OH)–C–C–N with tert-alkyl or cyclic N) is 1. The molecule has 0 aromatic rings. The van der Waals surface area contributed by atoms with Crippen LogP contribution < -0.4 is 5.73 Å². The Morgan fingerprint density at radius 2 is 2.18 bits per heavy atom. The van der Waals surface area contributed by atoms with E-state index in [0.717, 1.165) is 32.1 Å². The summed E-state index contributed by atoms with van der Waals surface area (Å²) in [6.07, 6.45) is 4.59. The molecule has 1 aliphatic carbocycles. The zero-order valence-corrected chi connectivity index (χ0v) is 10.9. The highest BCUT2D eigenvalue weighted by atomic mass is 16.3. The van der Waals surface area contributed by atoms with E-state index in [1.165, 1.54) is 0 Å². The molecule has 98 valence electrons. The van der Waals surface area contributed by atoms with Gasteiger partial charge in [-0.15, -0.1) is 0 Å². The molecular formula is C13H24N2O2. The van der Waals surface area contributed by atoms with Gasteiger partial charge in [-0.05, 0) is 26.2 Å². The third-order valence-corrected chi connectivity index (χ3v) is 4.49. The van der Waals surface area contributed by atoms with Gasteiger partial charge in [-0.1, -0.05) is 19.8 Å². The maximum Gasteiger partial charge on any atom is 0.230 e. The van der Waals surface area contributed by atoms with Crippen molar-refractivity contribution < 1.29 is 9.90 Å². The summed E-state index contributed by atoms with van der Waals surface area (Å²) < 4.78 is 0. The highest BCUT2D eigenvalue weighted by Gasteiger charge is 2.51. The van der Waals surface area contributed by atoms with Crippen LogP contribution in [0.2, 0.25) is 0 Å². The summed E-state index contributed by atoms with van der Waals surface area (Å²) in [7, 11) is 0. The number of nitrogens with zero attached hydrogens (tertiary/aromatic N) is 1. The molecule has 1 amide bonds. The van der Waals surface area contributed by atoms with E-state index in [-0.39, 0.29) is 11.9 Å². The summed E-state index contributed by atoms with van der Waals surface area (Å²) in [5, 5.41) is 10.1. The smallest absolute Gasteiger partial charge is 0.230 e. The maximum absolute atomic E-state index is 12.4. The van der Waals surface area contributed by atoms with Gasteiger partial charge in [-0.2, -0.15) is 0 Å². The van der Waals surface area contributed by atoms with Crippen molar-refractivity contribution in [3.05, 3.63) is 0 Å². The molecule has 0 bridgehead atoms. The molecule has 3 N–H and O–H groups in total. The lowest BCUT2D eigenvalue weighted by Crippen LogP contribution is -2.66. The third-order valence-electron chi connectivity index (χ3n) is 4.49. The van der Waals surface area contributed by atoms with Gasteiger partial charge >= 0.3 is 0 Å². The van der Waals surface area contributed by atoms with Crippen molar-refractivity contribution in [2.45, 2.75) is 57.6 Å². The fourth-order valence-electron chi connectivity index (χ4n) is 3.25. The van der Waals surface area contributed by atoms with E-state index < -0.39 is 11.0 Å². The first-order chi connectivity index (χ1) is 7.91. The zero-order chi connectivity index (χ0) is 12.7. The monoisotopic (exact) mass is 240 g/mol. The van der Waals surface area contributed by atoms with Gasteiger partial charge in [-0.25, -0.2) is 0 Å². The summed E-state index contributed by atoms with van der Waals surface area (Å²) >= 11 is 0. The summed E-state index contributed by atoms with van der Waals surface area (Å²) in [5.74, 6) is 0.142. The van der Waals surface area contributed by atoms with Gasteiger partial charge in [0, 0.05) is 6.04 Å². The predicted octanol–water partition coefficient (Wildman–Crippen LogP) is 0.877. The summed E-state index contributed by atoms with van der Waals surface area (Å²) in [6.45, 7) is 5.00. The van der Waals surface area contributed by atoms with Crippen molar-refractivity contribution in [1.82, 2.24) is 4.90 Å². The van der Waals surface area contributed by atoms with Crippen LogP contribution in [0.25, 0.3) is 0 Å². The first-order valence-corrected chi connectivity index (χ1v) is 6.69. The first kappa shape index (κ1) is 12.8. The van der Waals surface area contributed by atoms with Crippen molar-refractivity contribution >= 4 is 5.91 Å². The highest BCUT2D eigenvalue weighted by Crippen LogP contribution is 2.40. The van der Waals surface area contributed by atoms with Gasteiger partial charge in [0.05, 0.1) is 24.1 Å². The predicted molar refractivity (Wildman–Crippen MR) is 66.4 cm³/mol. The Labute approximate surface area is 103 Å². The van der Waals surface area contributed by atoms with Gasteiger partial charge in [0.1, 0.15) is 0 Å². The number of hydrogen-bond donors (Lipinski definition) is 2. The molecule has 4 heteroatoms. The maximum atomic E-state index is 12.4. The van der Waals surface area contributed by atoms with E-state index in [2.05, 4.69) is 6.92 Å². The van der Waals surface area contributed by atoms with Crippen LogP contribution >= 0.6 is 0 Å². The lowest BCUT2D eigenvalue weighted by atomic mass is 9.80. The van der Waals surface area contributed by atoms with E-state index in [1.807, 2.05) is 6.92 Å². The molecule has 17 heavy (non-hydrogen) atoms. The van der Waals surface area contributed by atoms with Crippen LogP contribution in [-0.2, 0) is 4.79 Å². The molecular weight excluding hydrogens is 216 g/mol. The Morgan fingerprint density at radius 1 is 1.53 bits per heavy atom. The lowest BCUT2D eigenvalue weighted by Gasteiger charge is -2.49. The van der Waals surface area contributed by atoms with E-state index >= 15 is 0 Å². The highest BCUT2D eigenvalue weighted by molar-refractivity contribution is 5.84. The average molecular weight is 240 g/mol. The van der Waals surface area contributed by atoms with Gasteiger partial charge in [0.15, 0.2) is 0 Å². The van der Waals surface area contributed by atoms with Crippen LogP contribution in [0.5, 0.6) is 0 Å². The van der Waals surface area contributed by atoms with Crippen LogP contribution in [0.4, 0.5) is 0 Å². The molecule has 2 atom stereocenters. The SMILES string of the molecule is CCCC1(O)CN(C(=O)C2(C)CCCC2N)C1. The van der Waals surface area contributed by atoms with Crippen molar-refractivity contribution in [2.24, 2.45) is 11.1 Å². The Hall–Kier alpha value is -0.610. The quantitative estimate of drug-likeness (QED) is 0.769. The number of carbonyl (C=O) groups is 1. The molecule has 0 aromatic carbocycles. The minimum Gasteiger partial charge on any atom is -0.386 e. The second kappa shape index (κ2) is 4.25. The van der Waals surface area contributed by atoms with Crippen molar-refractivity contribution in [2.75, 3.05) is 13.1 Å². The summed E-state index contributed by atoms with van der Waals surface area (Å²) in [5.41, 5.74) is 5.02. The molecule has 0 radical (unpaired) electrons. The zero-order valence-electron chi connectivity index (χ0n) is 10.9. The minimum atomic E-state index is -0.635. The van der Waals surface area contributed by atoms with Gasteiger partial charge in [-0.3, -0.25) is 4.79 Å². The number of hydrogen-bond acceptors (Lipinski definition) is 3. The minimum absolute atomic E-state index is 0.0186. The number of rotatable bonds is 3. The number of amides is 1. The summed E-state index contributed by atoms with van der Waals surface area (Å²) in [6, 6.07) is -0.0186. The molecule has 0 aromatic heterocycles. The van der Waals surface area contributed by atoms with E-state index in [1.54, 1.807) is 4.90 Å². The van der Waals surface area contributed by atoms with Gasteiger partial charge in [0.25, 0.3) is 0 Å². The van der Waals surface area contributed by atoms with Gasteiger partial charge in [0.2, 0.25) is 5.91 Å². The first-order valence-electron chi connectivity index (χ1n) is 6.69. The standard InChI is InChI=1S/C13H24N2O2/c1-3-6-13(17)8-15(9-13)11(16)12(2)7-4-5-10(12)14/h10,17H,3-9,14H2,1-2H3. The molecule has 2 unspecified atom stereocenters. The lowest BCUT2D eigenvalue weighted by molar-refractivity contribution is -0.166. The average Bonchev–Trinajstić information content (AvgIpc) is 2.56. The largest absolute Gasteiger partial charge is 0.386 e. The number of likely N-dealkylation sites (tertiary alicyclic amines) is 1.